The average molecular weight is 370 g/mol. The molecule has 0 saturated carbocycles. The fourth-order valence-corrected chi connectivity index (χ4v) is 2.22. The molecule has 0 spiro atoms. The van der Waals surface area contributed by atoms with Gasteiger partial charge in [0.05, 0.1) is 7.11 Å². The lowest BCUT2D eigenvalue weighted by Crippen LogP contribution is -2.42. The van der Waals surface area contributed by atoms with E-state index < -0.39 is 0 Å². The third-order valence-electron chi connectivity index (χ3n) is 4.18. The van der Waals surface area contributed by atoms with Crippen LogP contribution in [-0.2, 0) is 4.79 Å². The largest absolute Gasteiger partial charge is 0.497 e. The quantitative estimate of drug-likeness (QED) is 0.744. The molecule has 0 aromatic heterocycles. The molecule has 27 heavy (non-hydrogen) atoms. The standard InChI is InChI=1S/C21H26N2O4/c1-5-21(2,3)23-20(25)15-9-11-17(12-10-15)27-14-19(24)22-16-7-6-8-18(13-16)26-4/h6-13H,5,14H2,1-4H3,(H,22,24)(H,23,25). The van der Waals surface area contributed by atoms with E-state index in [1.54, 1.807) is 55.6 Å². The van der Waals surface area contributed by atoms with Crippen LogP contribution in [0.15, 0.2) is 48.5 Å². The van der Waals surface area contributed by atoms with Gasteiger partial charge in [0.1, 0.15) is 11.5 Å². The number of anilines is 1. The molecule has 0 bridgehead atoms. The molecule has 0 aliphatic carbocycles. The van der Waals surface area contributed by atoms with Gasteiger partial charge in [0.15, 0.2) is 6.61 Å². The van der Waals surface area contributed by atoms with Crippen LogP contribution in [0.5, 0.6) is 11.5 Å². The summed E-state index contributed by atoms with van der Waals surface area (Å²) >= 11 is 0. The zero-order valence-electron chi connectivity index (χ0n) is 16.2. The third-order valence-corrected chi connectivity index (χ3v) is 4.18. The van der Waals surface area contributed by atoms with Crippen molar-refractivity contribution in [2.24, 2.45) is 0 Å². The fraction of sp³-hybridized carbons (Fsp3) is 0.333. The Labute approximate surface area is 159 Å². The Bertz CT molecular complexity index is 785. The number of hydrogen-bond donors (Lipinski definition) is 2. The van der Waals surface area contributed by atoms with Crippen molar-refractivity contribution in [2.45, 2.75) is 32.7 Å². The minimum absolute atomic E-state index is 0.133. The first-order valence-corrected chi connectivity index (χ1v) is 8.82. The predicted molar refractivity (Wildman–Crippen MR) is 105 cm³/mol. The summed E-state index contributed by atoms with van der Waals surface area (Å²) in [5.41, 5.74) is 0.919. The van der Waals surface area contributed by atoms with Crippen molar-refractivity contribution < 1.29 is 19.1 Å². The van der Waals surface area contributed by atoms with Gasteiger partial charge in [0, 0.05) is 22.9 Å². The molecule has 0 fully saturated rings. The normalized spacial score (nSPS) is 10.8. The number of ether oxygens (including phenoxy) is 2. The second-order valence-corrected chi connectivity index (χ2v) is 6.78. The topological polar surface area (TPSA) is 76.7 Å². The maximum absolute atomic E-state index is 12.2. The van der Waals surface area contributed by atoms with Gasteiger partial charge < -0.3 is 20.1 Å². The highest BCUT2D eigenvalue weighted by Gasteiger charge is 2.18. The monoisotopic (exact) mass is 370 g/mol. The molecule has 6 nitrogen and oxygen atoms in total. The molecule has 0 radical (unpaired) electrons. The summed E-state index contributed by atoms with van der Waals surface area (Å²) in [6.45, 7) is 5.84. The molecule has 6 heteroatoms. The minimum Gasteiger partial charge on any atom is -0.497 e. The van der Waals surface area contributed by atoms with E-state index >= 15 is 0 Å². The van der Waals surface area contributed by atoms with Crippen LogP contribution in [0.3, 0.4) is 0 Å². The molecular formula is C21H26N2O4. The van der Waals surface area contributed by atoms with Gasteiger partial charge in [-0.05, 0) is 56.7 Å². The molecule has 0 heterocycles. The van der Waals surface area contributed by atoms with Crippen molar-refractivity contribution >= 4 is 17.5 Å². The van der Waals surface area contributed by atoms with Crippen LogP contribution in [0.1, 0.15) is 37.6 Å². The summed E-state index contributed by atoms with van der Waals surface area (Å²) in [6, 6.07) is 13.8. The Kier molecular flexibility index (Phi) is 6.82. The number of benzene rings is 2. The van der Waals surface area contributed by atoms with E-state index in [1.165, 1.54) is 0 Å². The molecule has 2 amide bonds. The van der Waals surface area contributed by atoms with Crippen molar-refractivity contribution in [3.63, 3.8) is 0 Å². The lowest BCUT2D eigenvalue weighted by atomic mass is 10.0. The first kappa shape index (κ1) is 20.3. The third kappa shape index (κ3) is 6.33. The average Bonchev–Trinajstić information content (AvgIpc) is 2.66. The number of rotatable bonds is 8. The molecule has 0 atom stereocenters. The summed E-state index contributed by atoms with van der Waals surface area (Å²) in [5.74, 6) is 0.759. The zero-order valence-corrected chi connectivity index (χ0v) is 16.2. The lowest BCUT2D eigenvalue weighted by Gasteiger charge is -2.24. The fourth-order valence-electron chi connectivity index (χ4n) is 2.22. The van der Waals surface area contributed by atoms with Crippen molar-refractivity contribution in [2.75, 3.05) is 19.0 Å². The highest BCUT2D eigenvalue weighted by molar-refractivity contribution is 5.95. The summed E-state index contributed by atoms with van der Waals surface area (Å²) in [4.78, 5) is 24.2. The minimum atomic E-state index is -0.283. The van der Waals surface area contributed by atoms with Gasteiger partial charge in [-0.15, -0.1) is 0 Å². The molecule has 0 saturated heterocycles. The van der Waals surface area contributed by atoms with Crippen LogP contribution in [0.25, 0.3) is 0 Å². The van der Waals surface area contributed by atoms with Crippen LogP contribution < -0.4 is 20.1 Å². The van der Waals surface area contributed by atoms with E-state index in [2.05, 4.69) is 10.6 Å². The predicted octanol–water partition coefficient (Wildman–Crippen LogP) is 3.63. The van der Waals surface area contributed by atoms with Gasteiger partial charge in [-0.25, -0.2) is 0 Å². The Morgan fingerprint density at radius 1 is 1.04 bits per heavy atom. The first-order chi connectivity index (χ1) is 12.8. The smallest absolute Gasteiger partial charge is 0.262 e. The molecule has 0 aliphatic heterocycles. The molecule has 2 rings (SSSR count). The zero-order chi connectivity index (χ0) is 19.9. The van der Waals surface area contributed by atoms with Crippen molar-refractivity contribution in [3.8, 4) is 11.5 Å². The van der Waals surface area contributed by atoms with Gasteiger partial charge in [0.2, 0.25) is 0 Å². The van der Waals surface area contributed by atoms with Crippen LogP contribution in [0.4, 0.5) is 5.69 Å². The summed E-state index contributed by atoms with van der Waals surface area (Å²) in [6.07, 6.45) is 0.836. The van der Waals surface area contributed by atoms with E-state index in [-0.39, 0.29) is 24.0 Å². The van der Waals surface area contributed by atoms with Crippen LogP contribution in [0, 0.1) is 0 Å². The van der Waals surface area contributed by atoms with E-state index in [0.29, 0.717) is 22.7 Å². The molecule has 2 aromatic rings. The number of nitrogens with one attached hydrogen (secondary N) is 2. The Balaban J connectivity index is 1.87. The number of methoxy groups -OCH3 is 1. The highest BCUT2D eigenvalue weighted by Crippen LogP contribution is 2.17. The van der Waals surface area contributed by atoms with Crippen molar-refractivity contribution in [1.29, 1.82) is 0 Å². The number of amides is 2. The molecule has 2 N–H and O–H groups in total. The Morgan fingerprint density at radius 3 is 2.37 bits per heavy atom. The molecule has 144 valence electrons. The Morgan fingerprint density at radius 2 is 1.74 bits per heavy atom. The number of hydrogen-bond acceptors (Lipinski definition) is 4. The van der Waals surface area contributed by atoms with Gasteiger partial charge in [-0.2, -0.15) is 0 Å². The summed E-state index contributed by atoms with van der Waals surface area (Å²) in [5, 5.41) is 5.72. The number of carbonyl (C=O) groups is 2. The van der Waals surface area contributed by atoms with Crippen molar-refractivity contribution in [3.05, 3.63) is 54.1 Å². The highest BCUT2D eigenvalue weighted by atomic mass is 16.5. The SMILES string of the molecule is CCC(C)(C)NC(=O)c1ccc(OCC(=O)Nc2cccc(OC)c2)cc1. The maximum atomic E-state index is 12.2. The number of carbonyl (C=O) groups excluding carboxylic acids is 2. The van der Waals surface area contributed by atoms with Gasteiger partial charge in [-0.3, -0.25) is 9.59 Å². The lowest BCUT2D eigenvalue weighted by molar-refractivity contribution is -0.118. The van der Waals surface area contributed by atoms with Gasteiger partial charge >= 0.3 is 0 Å². The van der Waals surface area contributed by atoms with E-state index in [1.807, 2.05) is 20.8 Å². The summed E-state index contributed by atoms with van der Waals surface area (Å²) < 4.78 is 10.6. The summed E-state index contributed by atoms with van der Waals surface area (Å²) in [7, 11) is 1.57. The Hall–Kier alpha value is -3.02. The van der Waals surface area contributed by atoms with Gasteiger partial charge in [-0.1, -0.05) is 13.0 Å². The molecule has 0 aliphatic rings. The van der Waals surface area contributed by atoms with Crippen LogP contribution in [-0.4, -0.2) is 31.1 Å². The van der Waals surface area contributed by atoms with Crippen molar-refractivity contribution in [1.82, 2.24) is 5.32 Å². The van der Waals surface area contributed by atoms with Crippen LogP contribution >= 0.6 is 0 Å². The maximum Gasteiger partial charge on any atom is 0.262 e. The molecular weight excluding hydrogens is 344 g/mol. The molecule has 2 aromatic carbocycles. The first-order valence-electron chi connectivity index (χ1n) is 8.82. The second kappa shape index (κ2) is 9.07. The van der Waals surface area contributed by atoms with E-state index in [0.717, 1.165) is 6.42 Å². The molecule has 0 unspecified atom stereocenters. The van der Waals surface area contributed by atoms with Crippen LogP contribution in [0.2, 0.25) is 0 Å². The second-order valence-electron chi connectivity index (χ2n) is 6.78. The van der Waals surface area contributed by atoms with E-state index in [9.17, 15) is 9.59 Å². The van der Waals surface area contributed by atoms with Gasteiger partial charge in [0.25, 0.3) is 11.8 Å². The van der Waals surface area contributed by atoms with E-state index in [4.69, 9.17) is 9.47 Å².